The maximum absolute atomic E-state index is 11.5. The van der Waals surface area contributed by atoms with Crippen LogP contribution in [-0.4, -0.2) is 43.7 Å². The van der Waals surface area contributed by atoms with Crippen LogP contribution in [0.15, 0.2) is 0 Å². The van der Waals surface area contributed by atoms with Gasteiger partial charge in [-0.15, -0.1) is 0 Å². The van der Waals surface area contributed by atoms with E-state index in [1.807, 2.05) is 0 Å². The fraction of sp³-hybridized carbons (Fsp3) is 0.889. The molecule has 0 radical (unpaired) electrons. The molecule has 2 unspecified atom stereocenters. The van der Waals surface area contributed by atoms with Crippen LogP contribution in [0.3, 0.4) is 0 Å². The van der Waals surface area contributed by atoms with Gasteiger partial charge in [0.15, 0.2) is 0 Å². The molecule has 0 aliphatic carbocycles. The van der Waals surface area contributed by atoms with Crippen molar-refractivity contribution in [2.75, 3.05) is 12.3 Å². The summed E-state index contributed by atoms with van der Waals surface area (Å²) in [6.07, 6.45) is 0.303. The first-order chi connectivity index (χ1) is 6.79. The van der Waals surface area contributed by atoms with Crippen LogP contribution in [0.5, 0.6) is 0 Å². The van der Waals surface area contributed by atoms with Gasteiger partial charge in [0.1, 0.15) is 5.60 Å². The van der Waals surface area contributed by atoms with Gasteiger partial charge in [0.05, 0.1) is 0 Å². The SMILES string of the molecule is CC(C)(C)OC(=O)N1CCC1CS(=O)[O-].[Na+]. The van der Waals surface area contributed by atoms with E-state index in [2.05, 4.69) is 0 Å². The molecule has 0 spiro atoms. The van der Waals surface area contributed by atoms with E-state index in [0.29, 0.717) is 6.54 Å². The van der Waals surface area contributed by atoms with E-state index >= 15 is 0 Å². The van der Waals surface area contributed by atoms with Gasteiger partial charge < -0.3 is 14.2 Å². The molecule has 1 aliphatic heterocycles. The zero-order valence-corrected chi connectivity index (χ0v) is 13.0. The summed E-state index contributed by atoms with van der Waals surface area (Å²) >= 11 is -2.10. The second-order valence-corrected chi connectivity index (χ2v) is 5.53. The number of carbonyl (C=O) groups is 1. The summed E-state index contributed by atoms with van der Waals surface area (Å²) in [7, 11) is 0. The van der Waals surface area contributed by atoms with Crippen LogP contribution in [0.1, 0.15) is 27.2 Å². The number of likely N-dealkylation sites (tertiary alicyclic amines) is 1. The van der Waals surface area contributed by atoms with Crippen molar-refractivity contribution in [3.8, 4) is 0 Å². The van der Waals surface area contributed by atoms with Crippen molar-refractivity contribution in [2.45, 2.75) is 38.8 Å². The number of amides is 1. The predicted molar refractivity (Wildman–Crippen MR) is 55.1 cm³/mol. The minimum Gasteiger partial charge on any atom is -0.772 e. The Balaban J connectivity index is 0.00000225. The van der Waals surface area contributed by atoms with Gasteiger partial charge in [0.2, 0.25) is 0 Å². The molecule has 0 saturated carbocycles. The molecule has 0 aromatic rings. The summed E-state index contributed by atoms with van der Waals surface area (Å²) in [4.78, 5) is 13.0. The third kappa shape index (κ3) is 5.14. The minimum atomic E-state index is -2.10. The first-order valence-corrected chi connectivity index (χ1v) is 6.09. The molecule has 88 valence electrons. The molecule has 2 atom stereocenters. The maximum Gasteiger partial charge on any atom is 1.00 e. The van der Waals surface area contributed by atoms with E-state index in [1.54, 1.807) is 20.8 Å². The molecule has 0 aromatic heterocycles. The summed E-state index contributed by atoms with van der Waals surface area (Å²) in [5, 5.41) is 0. The number of rotatable bonds is 2. The van der Waals surface area contributed by atoms with E-state index in [1.165, 1.54) is 4.90 Å². The predicted octanol–water partition coefficient (Wildman–Crippen LogP) is -2.12. The molecule has 0 bridgehead atoms. The second kappa shape index (κ2) is 6.35. The van der Waals surface area contributed by atoms with E-state index < -0.39 is 22.8 Å². The average molecular weight is 257 g/mol. The van der Waals surface area contributed by atoms with Crippen molar-refractivity contribution in [2.24, 2.45) is 0 Å². The Hall–Kier alpha value is 0.380. The van der Waals surface area contributed by atoms with Crippen molar-refractivity contribution in [1.82, 2.24) is 4.90 Å². The smallest absolute Gasteiger partial charge is 0.772 e. The normalized spacial score (nSPS) is 21.8. The van der Waals surface area contributed by atoms with Crippen LogP contribution in [0, 0.1) is 0 Å². The maximum atomic E-state index is 11.5. The zero-order chi connectivity index (χ0) is 11.6. The summed E-state index contributed by atoms with van der Waals surface area (Å²) in [6, 6.07) is -0.210. The average Bonchev–Trinajstić information content (AvgIpc) is 1.93. The van der Waals surface area contributed by atoms with Crippen LogP contribution in [0.4, 0.5) is 4.79 Å². The van der Waals surface area contributed by atoms with Gasteiger partial charge in [0.25, 0.3) is 0 Å². The van der Waals surface area contributed by atoms with E-state index in [0.717, 1.165) is 6.42 Å². The molecular formula is C9H16NNaO4S. The zero-order valence-electron chi connectivity index (χ0n) is 10.2. The molecular weight excluding hydrogens is 241 g/mol. The largest absolute Gasteiger partial charge is 1.00 e. The van der Waals surface area contributed by atoms with Crippen molar-refractivity contribution in [1.29, 1.82) is 0 Å². The molecule has 1 rings (SSSR count). The van der Waals surface area contributed by atoms with Gasteiger partial charge in [0, 0.05) is 18.3 Å². The Morgan fingerprint density at radius 3 is 2.44 bits per heavy atom. The van der Waals surface area contributed by atoms with E-state index in [4.69, 9.17) is 4.74 Å². The Morgan fingerprint density at radius 1 is 1.56 bits per heavy atom. The third-order valence-corrected chi connectivity index (χ3v) is 2.76. The molecule has 1 amide bonds. The molecule has 1 aliphatic rings. The molecule has 7 heteroatoms. The fourth-order valence-corrected chi connectivity index (χ4v) is 1.99. The molecule has 1 saturated heterocycles. The van der Waals surface area contributed by atoms with Gasteiger partial charge >= 0.3 is 35.7 Å². The van der Waals surface area contributed by atoms with Crippen molar-refractivity contribution in [3.63, 3.8) is 0 Å². The van der Waals surface area contributed by atoms with Crippen molar-refractivity contribution >= 4 is 17.2 Å². The van der Waals surface area contributed by atoms with Gasteiger partial charge in [-0.2, -0.15) is 0 Å². The monoisotopic (exact) mass is 257 g/mol. The van der Waals surface area contributed by atoms with Gasteiger partial charge in [-0.1, -0.05) is 11.1 Å². The summed E-state index contributed by atoms with van der Waals surface area (Å²) in [5.74, 6) is -0.000751. The summed E-state index contributed by atoms with van der Waals surface area (Å²) in [5.41, 5.74) is -0.534. The van der Waals surface area contributed by atoms with Gasteiger partial charge in [-0.3, -0.25) is 4.21 Å². The number of hydrogen-bond acceptors (Lipinski definition) is 4. The number of nitrogens with zero attached hydrogens (tertiary/aromatic N) is 1. The third-order valence-electron chi connectivity index (χ3n) is 2.10. The van der Waals surface area contributed by atoms with Crippen molar-refractivity contribution in [3.05, 3.63) is 0 Å². The molecule has 0 N–H and O–H groups in total. The van der Waals surface area contributed by atoms with Gasteiger partial charge in [-0.05, 0) is 27.2 Å². The second-order valence-electron chi connectivity index (χ2n) is 4.59. The standard InChI is InChI=1S/C9H17NO4S.Na/c1-9(2,3)14-8(11)10-5-4-7(10)6-15(12)13;/h7H,4-6H2,1-3H3,(H,12,13);/q;+1/p-1. The first kappa shape index (κ1) is 16.4. The molecule has 16 heavy (non-hydrogen) atoms. The van der Waals surface area contributed by atoms with Crippen LogP contribution in [-0.2, 0) is 15.8 Å². The van der Waals surface area contributed by atoms with Crippen LogP contribution >= 0.6 is 0 Å². The Bertz CT molecular complexity index is 279. The Morgan fingerprint density at radius 2 is 2.12 bits per heavy atom. The van der Waals surface area contributed by atoms with Gasteiger partial charge in [-0.25, -0.2) is 4.79 Å². The summed E-state index contributed by atoms with van der Waals surface area (Å²) in [6.45, 7) is 5.93. The Kier molecular flexibility index (Phi) is 6.50. The van der Waals surface area contributed by atoms with Crippen LogP contribution in [0.25, 0.3) is 0 Å². The minimum absolute atomic E-state index is 0. The number of ether oxygens (including phenoxy) is 1. The number of hydrogen-bond donors (Lipinski definition) is 0. The number of carbonyl (C=O) groups excluding carboxylic acids is 1. The van der Waals surface area contributed by atoms with E-state index in [9.17, 15) is 13.6 Å². The Labute approximate surface area is 120 Å². The van der Waals surface area contributed by atoms with Crippen molar-refractivity contribution < 1.29 is 47.9 Å². The van der Waals surface area contributed by atoms with Crippen LogP contribution < -0.4 is 29.6 Å². The summed E-state index contributed by atoms with van der Waals surface area (Å²) < 4.78 is 26.1. The fourth-order valence-electron chi connectivity index (χ4n) is 1.33. The molecule has 0 aromatic carbocycles. The molecule has 1 heterocycles. The molecule has 1 fully saturated rings. The molecule has 5 nitrogen and oxygen atoms in total. The van der Waals surface area contributed by atoms with E-state index in [-0.39, 0.29) is 41.4 Å². The van der Waals surface area contributed by atoms with Crippen LogP contribution in [0.2, 0.25) is 0 Å². The topological polar surface area (TPSA) is 69.7 Å². The quantitative estimate of drug-likeness (QED) is 0.419. The first-order valence-electron chi connectivity index (χ1n) is 4.85.